The molecule has 0 aliphatic heterocycles. The number of rotatable bonds is 7. The van der Waals surface area contributed by atoms with E-state index < -0.39 is 18.3 Å². The molecule has 1 aromatic carbocycles. The molecule has 4 N–H and O–H groups in total. The van der Waals surface area contributed by atoms with Crippen molar-refractivity contribution in [3.63, 3.8) is 0 Å². The summed E-state index contributed by atoms with van der Waals surface area (Å²) in [5.74, 6) is 0.0579. The number of hydrogen-bond donors (Lipinski definition) is 2. The summed E-state index contributed by atoms with van der Waals surface area (Å²) < 4.78 is 12.7. The molecule has 106 valence electrons. The first kappa shape index (κ1) is 15.9. The molecular formula is C16H25FN2. The highest BCUT2D eigenvalue weighted by molar-refractivity contribution is 5.31. The van der Waals surface area contributed by atoms with Crippen molar-refractivity contribution in [2.45, 2.75) is 44.2 Å². The van der Waals surface area contributed by atoms with E-state index in [0.29, 0.717) is 6.42 Å². The van der Waals surface area contributed by atoms with E-state index in [1.807, 2.05) is 44.2 Å². The minimum absolute atomic E-state index is 0.0579. The van der Waals surface area contributed by atoms with E-state index in [-0.39, 0.29) is 5.92 Å². The minimum atomic E-state index is -0.495. The molecule has 19 heavy (non-hydrogen) atoms. The Labute approximate surface area is 115 Å². The Balaban J connectivity index is 2.95. The lowest BCUT2D eigenvalue weighted by atomic mass is 9.85. The Morgan fingerprint density at radius 1 is 1.37 bits per heavy atom. The van der Waals surface area contributed by atoms with Gasteiger partial charge in [-0.3, -0.25) is 0 Å². The summed E-state index contributed by atoms with van der Waals surface area (Å²) in [6, 6.07) is 7.59. The normalized spacial score (nSPS) is 17.5. The largest absolute Gasteiger partial charge is 0.325 e. The van der Waals surface area contributed by atoms with Gasteiger partial charge in [0.25, 0.3) is 0 Å². The summed E-state index contributed by atoms with van der Waals surface area (Å²) in [6.07, 6.45) is 3.37. The zero-order chi connectivity index (χ0) is 14.5. The van der Waals surface area contributed by atoms with Gasteiger partial charge >= 0.3 is 0 Å². The molecule has 1 rings (SSSR count). The summed E-state index contributed by atoms with van der Waals surface area (Å²) in [5.41, 5.74) is 13.8. The zero-order valence-corrected chi connectivity index (χ0v) is 11.9. The molecule has 0 aromatic heterocycles. The highest BCUT2D eigenvalue weighted by Crippen LogP contribution is 2.27. The molecule has 3 unspecified atom stereocenters. The molecule has 0 aliphatic rings. The van der Waals surface area contributed by atoms with Crippen LogP contribution in [-0.2, 0) is 5.54 Å². The summed E-state index contributed by atoms with van der Waals surface area (Å²) in [4.78, 5) is 0. The molecular weight excluding hydrogens is 239 g/mol. The third-order valence-electron chi connectivity index (χ3n) is 3.70. The molecule has 0 spiro atoms. The first-order chi connectivity index (χ1) is 8.96. The zero-order valence-electron chi connectivity index (χ0n) is 11.9. The van der Waals surface area contributed by atoms with Crippen LogP contribution in [0.1, 0.15) is 43.7 Å². The van der Waals surface area contributed by atoms with E-state index >= 15 is 0 Å². The van der Waals surface area contributed by atoms with Crippen LogP contribution >= 0.6 is 0 Å². The van der Waals surface area contributed by atoms with Crippen LogP contribution in [0, 0.1) is 0 Å². The van der Waals surface area contributed by atoms with Gasteiger partial charge in [-0.15, -0.1) is 6.58 Å². The van der Waals surface area contributed by atoms with Crippen molar-refractivity contribution < 1.29 is 4.39 Å². The molecule has 0 heterocycles. The van der Waals surface area contributed by atoms with Crippen LogP contribution in [0.4, 0.5) is 4.39 Å². The average Bonchev–Trinajstić information content (AvgIpc) is 2.40. The maximum absolute atomic E-state index is 12.7. The van der Waals surface area contributed by atoms with Gasteiger partial charge in [-0.2, -0.15) is 0 Å². The van der Waals surface area contributed by atoms with Gasteiger partial charge in [0.1, 0.15) is 6.67 Å². The Morgan fingerprint density at radius 2 is 1.95 bits per heavy atom. The number of alkyl halides is 1. The van der Waals surface area contributed by atoms with Crippen LogP contribution in [0.15, 0.2) is 36.9 Å². The monoisotopic (exact) mass is 264 g/mol. The van der Waals surface area contributed by atoms with Gasteiger partial charge in [0.05, 0.1) is 0 Å². The third-order valence-corrected chi connectivity index (χ3v) is 3.70. The first-order valence-corrected chi connectivity index (χ1v) is 6.78. The molecule has 0 bridgehead atoms. The second-order valence-electron chi connectivity index (χ2n) is 5.37. The van der Waals surface area contributed by atoms with Crippen LogP contribution in [-0.4, -0.2) is 12.7 Å². The van der Waals surface area contributed by atoms with E-state index in [1.54, 1.807) is 0 Å². The quantitative estimate of drug-likeness (QED) is 0.743. The SMILES string of the molecule is C=CCC(C)(N)c1ccc(C(CC)C(N)CF)cc1. The fourth-order valence-corrected chi connectivity index (χ4v) is 2.42. The van der Waals surface area contributed by atoms with Gasteiger partial charge in [0, 0.05) is 17.5 Å². The van der Waals surface area contributed by atoms with Gasteiger partial charge in [-0.25, -0.2) is 4.39 Å². The number of halogens is 1. The topological polar surface area (TPSA) is 52.0 Å². The second kappa shape index (κ2) is 6.83. The highest BCUT2D eigenvalue weighted by Gasteiger charge is 2.21. The Hall–Kier alpha value is -1.19. The fraction of sp³-hybridized carbons (Fsp3) is 0.500. The van der Waals surface area contributed by atoms with Crippen molar-refractivity contribution in [2.24, 2.45) is 11.5 Å². The van der Waals surface area contributed by atoms with Crippen molar-refractivity contribution in [2.75, 3.05) is 6.67 Å². The standard InChI is InChI=1S/C16H25FN2/c1-4-10-16(3,19)13-8-6-12(7-9-13)14(5-2)15(18)11-17/h4,6-9,14-15H,1,5,10-11,18-19H2,2-3H3. The average molecular weight is 264 g/mol. The van der Waals surface area contributed by atoms with E-state index in [0.717, 1.165) is 17.5 Å². The molecule has 3 atom stereocenters. The van der Waals surface area contributed by atoms with Crippen molar-refractivity contribution in [1.82, 2.24) is 0 Å². The lowest BCUT2D eigenvalue weighted by Gasteiger charge is -2.25. The van der Waals surface area contributed by atoms with Crippen molar-refractivity contribution in [1.29, 1.82) is 0 Å². The molecule has 2 nitrogen and oxygen atoms in total. The maximum Gasteiger partial charge on any atom is 0.105 e. The van der Waals surface area contributed by atoms with E-state index in [4.69, 9.17) is 11.5 Å². The van der Waals surface area contributed by atoms with Crippen molar-refractivity contribution in [3.05, 3.63) is 48.0 Å². The molecule has 0 fully saturated rings. The Morgan fingerprint density at radius 3 is 2.37 bits per heavy atom. The summed E-state index contributed by atoms with van der Waals surface area (Å²) in [6.45, 7) is 7.24. The predicted molar refractivity (Wildman–Crippen MR) is 79.8 cm³/mol. The van der Waals surface area contributed by atoms with Gasteiger partial charge in [-0.05, 0) is 30.9 Å². The van der Waals surface area contributed by atoms with Gasteiger partial charge in [0.15, 0.2) is 0 Å². The van der Waals surface area contributed by atoms with E-state index in [9.17, 15) is 4.39 Å². The van der Waals surface area contributed by atoms with E-state index in [2.05, 4.69) is 6.58 Å². The van der Waals surface area contributed by atoms with Gasteiger partial charge in [-0.1, -0.05) is 37.3 Å². The van der Waals surface area contributed by atoms with Crippen LogP contribution in [0.3, 0.4) is 0 Å². The second-order valence-corrected chi connectivity index (χ2v) is 5.37. The van der Waals surface area contributed by atoms with Crippen LogP contribution in [0.2, 0.25) is 0 Å². The van der Waals surface area contributed by atoms with Crippen LogP contribution < -0.4 is 11.5 Å². The van der Waals surface area contributed by atoms with Crippen molar-refractivity contribution >= 4 is 0 Å². The van der Waals surface area contributed by atoms with Crippen LogP contribution in [0.5, 0.6) is 0 Å². The molecule has 0 amide bonds. The Bertz CT molecular complexity index is 398. The summed E-state index contributed by atoms with van der Waals surface area (Å²) in [5, 5.41) is 0. The molecule has 0 saturated carbocycles. The van der Waals surface area contributed by atoms with E-state index in [1.165, 1.54) is 0 Å². The third kappa shape index (κ3) is 3.88. The molecule has 1 aromatic rings. The van der Waals surface area contributed by atoms with Crippen LogP contribution in [0.25, 0.3) is 0 Å². The molecule has 0 aliphatic carbocycles. The number of hydrogen-bond acceptors (Lipinski definition) is 2. The number of nitrogens with two attached hydrogens (primary N) is 2. The number of benzene rings is 1. The van der Waals surface area contributed by atoms with Crippen molar-refractivity contribution in [3.8, 4) is 0 Å². The molecule has 0 radical (unpaired) electrons. The Kier molecular flexibility index (Phi) is 5.70. The fourth-order valence-electron chi connectivity index (χ4n) is 2.42. The maximum atomic E-state index is 12.7. The summed E-state index contributed by atoms with van der Waals surface area (Å²) in [7, 11) is 0. The molecule has 0 saturated heterocycles. The lowest BCUT2D eigenvalue weighted by Crippen LogP contribution is -2.32. The van der Waals surface area contributed by atoms with Gasteiger partial charge < -0.3 is 11.5 Å². The first-order valence-electron chi connectivity index (χ1n) is 6.78. The predicted octanol–water partition coefficient (Wildman–Crippen LogP) is 3.23. The highest BCUT2D eigenvalue weighted by atomic mass is 19.1. The smallest absolute Gasteiger partial charge is 0.105 e. The lowest BCUT2D eigenvalue weighted by molar-refractivity contribution is 0.380. The molecule has 3 heteroatoms. The van der Waals surface area contributed by atoms with Gasteiger partial charge in [0.2, 0.25) is 0 Å². The minimum Gasteiger partial charge on any atom is -0.325 e. The summed E-state index contributed by atoms with van der Waals surface area (Å²) >= 11 is 0.